The summed E-state index contributed by atoms with van der Waals surface area (Å²) in [5.74, 6) is -0.205. The zero-order valence-electron chi connectivity index (χ0n) is 15.8. The van der Waals surface area contributed by atoms with E-state index in [1.54, 1.807) is 6.07 Å². The van der Waals surface area contributed by atoms with E-state index in [0.29, 0.717) is 5.58 Å². The molecule has 0 bridgehead atoms. The van der Waals surface area contributed by atoms with Crippen molar-refractivity contribution >= 4 is 16.7 Å². The fourth-order valence-electron chi connectivity index (χ4n) is 4.48. The molecule has 0 unspecified atom stereocenters. The van der Waals surface area contributed by atoms with Crippen molar-refractivity contribution in [3.63, 3.8) is 0 Å². The van der Waals surface area contributed by atoms with E-state index in [0.717, 1.165) is 62.2 Å². The molecule has 5 rings (SSSR count). The van der Waals surface area contributed by atoms with Gasteiger partial charge in [0.1, 0.15) is 11.4 Å². The van der Waals surface area contributed by atoms with Gasteiger partial charge in [0.15, 0.2) is 0 Å². The standard InChI is InChI=1S/C23H23FN2O2/c24-19-4-6-20(7-5-19)26-10-8-25(9-11-26)15-18-14-23(27)28-22-13-17-3-1-2-16(17)12-21(18)22/h4-7,12-14H,1-3,8-11,15H2. The number of nitrogens with zero attached hydrogens (tertiary/aromatic N) is 2. The van der Waals surface area contributed by atoms with Gasteiger partial charge in [0, 0.05) is 49.9 Å². The van der Waals surface area contributed by atoms with Crippen LogP contribution in [0.4, 0.5) is 10.1 Å². The quantitative estimate of drug-likeness (QED) is 0.651. The Morgan fingerprint density at radius 3 is 2.39 bits per heavy atom. The minimum absolute atomic E-state index is 0.205. The van der Waals surface area contributed by atoms with Crippen LogP contribution in [0, 0.1) is 5.82 Å². The van der Waals surface area contributed by atoms with E-state index in [1.165, 1.54) is 29.7 Å². The number of benzene rings is 2. The molecular formula is C23H23FN2O2. The molecule has 1 aliphatic heterocycles. The normalized spacial score (nSPS) is 17.2. The Bertz CT molecular complexity index is 1070. The van der Waals surface area contributed by atoms with Crippen molar-refractivity contribution in [3.8, 4) is 0 Å². The summed E-state index contributed by atoms with van der Waals surface area (Å²) in [6.07, 6.45) is 3.36. The van der Waals surface area contributed by atoms with Crippen molar-refractivity contribution in [1.82, 2.24) is 4.90 Å². The van der Waals surface area contributed by atoms with Crippen LogP contribution in [0.15, 0.2) is 51.7 Å². The summed E-state index contributed by atoms with van der Waals surface area (Å²) in [6.45, 7) is 4.34. The Morgan fingerprint density at radius 2 is 1.64 bits per heavy atom. The topological polar surface area (TPSA) is 36.7 Å². The number of fused-ring (bicyclic) bond motifs is 2. The smallest absolute Gasteiger partial charge is 0.336 e. The van der Waals surface area contributed by atoms with E-state index in [-0.39, 0.29) is 11.4 Å². The Kier molecular flexibility index (Phi) is 4.40. The highest BCUT2D eigenvalue weighted by Crippen LogP contribution is 2.29. The van der Waals surface area contributed by atoms with Gasteiger partial charge in [-0.05, 0) is 72.4 Å². The van der Waals surface area contributed by atoms with E-state index < -0.39 is 0 Å². The third-order valence-electron chi connectivity index (χ3n) is 6.00. The number of hydrogen-bond donors (Lipinski definition) is 0. The largest absolute Gasteiger partial charge is 0.423 e. The van der Waals surface area contributed by atoms with Gasteiger partial charge in [0.2, 0.25) is 0 Å². The Balaban J connectivity index is 1.35. The highest BCUT2D eigenvalue weighted by Gasteiger charge is 2.20. The lowest BCUT2D eigenvalue weighted by Crippen LogP contribution is -2.46. The first-order valence-corrected chi connectivity index (χ1v) is 9.97. The molecule has 2 aromatic carbocycles. The first-order chi connectivity index (χ1) is 13.7. The number of piperazine rings is 1. The highest BCUT2D eigenvalue weighted by molar-refractivity contribution is 5.82. The first kappa shape index (κ1) is 17.4. The zero-order valence-corrected chi connectivity index (χ0v) is 15.8. The van der Waals surface area contributed by atoms with Gasteiger partial charge >= 0.3 is 5.63 Å². The van der Waals surface area contributed by atoms with E-state index in [4.69, 9.17) is 4.42 Å². The van der Waals surface area contributed by atoms with Crippen molar-refractivity contribution in [2.24, 2.45) is 0 Å². The van der Waals surface area contributed by atoms with E-state index in [2.05, 4.69) is 21.9 Å². The molecule has 0 spiro atoms. The van der Waals surface area contributed by atoms with Gasteiger partial charge in [-0.15, -0.1) is 0 Å². The summed E-state index contributed by atoms with van der Waals surface area (Å²) in [5, 5.41) is 1.07. The summed E-state index contributed by atoms with van der Waals surface area (Å²) in [4.78, 5) is 16.7. The van der Waals surface area contributed by atoms with Gasteiger partial charge < -0.3 is 9.32 Å². The van der Waals surface area contributed by atoms with Gasteiger partial charge in [0.05, 0.1) is 0 Å². The molecule has 2 heterocycles. The van der Waals surface area contributed by atoms with Crippen LogP contribution in [0.3, 0.4) is 0 Å². The first-order valence-electron chi connectivity index (χ1n) is 9.97. The van der Waals surface area contributed by atoms with Gasteiger partial charge in [-0.3, -0.25) is 4.90 Å². The number of rotatable bonds is 3. The van der Waals surface area contributed by atoms with Crippen LogP contribution < -0.4 is 10.5 Å². The molecule has 0 radical (unpaired) electrons. The minimum Gasteiger partial charge on any atom is -0.423 e. The SMILES string of the molecule is O=c1cc(CN2CCN(c3ccc(F)cc3)CC2)c2cc3c(cc2o1)CCC3. The zero-order chi connectivity index (χ0) is 19.1. The van der Waals surface area contributed by atoms with Gasteiger partial charge in [-0.1, -0.05) is 0 Å². The fourth-order valence-corrected chi connectivity index (χ4v) is 4.48. The Morgan fingerprint density at radius 1 is 0.929 bits per heavy atom. The van der Waals surface area contributed by atoms with Crippen LogP contribution >= 0.6 is 0 Å². The maximum Gasteiger partial charge on any atom is 0.336 e. The highest BCUT2D eigenvalue weighted by atomic mass is 19.1. The lowest BCUT2D eigenvalue weighted by molar-refractivity contribution is 0.250. The molecular weight excluding hydrogens is 355 g/mol. The molecule has 0 amide bonds. The number of halogens is 1. The summed E-state index contributed by atoms with van der Waals surface area (Å²) in [5.41, 5.74) is 5.27. The number of hydrogen-bond acceptors (Lipinski definition) is 4. The minimum atomic E-state index is -0.273. The molecule has 0 N–H and O–H groups in total. The average Bonchev–Trinajstić information content (AvgIpc) is 3.15. The van der Waals surface area contributed by atoms with Crippen LogP contribution in [0.2, 0.25) is 0 Å². The summed E-state index contributed by atoms with van der Waals surface area (Å²) in [6, 6.07) is 12.6. The van der Waals surface area contributed by atoms with E-state index in [9.17, 15) is 9.18 Å². The third kappa shape index (κ3) is 3.31. The number of anilines is 1. The molecule has 1 aromatic heterocycles. The molecule has 1 aliphatic carbocycles. The monoisotopic (exact) mass is 378 g/mol. The predicted molar refractivity (Wildman–Crippen MR) is 108 cm³/mol. The van der Waals surface area contributed by atoms with E-state index >= 15 is 0 Å². The van der Waals surface area contributed by atoms with Gasteiger partial charge in [-0.25, -0.2) is 9.18 Å². The summed E-state index contributed by atoms with van der Waals surface area (Å²) in [7, 11) is 0. The summed E-state index contributed by atoms with van der Waals surface area (Å²) >= 11 is 0. The molecule has 0 saturated carbocycles. The lowest BCUT2D eigenvalue weighted by Gasteiger charge is -2.36. The van der Waals surface area contributed by atoms with Crippen molar-refractivity contribution in [2.45, 2.75) is 25.8 Å². The van der Waals surface area contributed by atoms with E-state index in [1.807, 2.05) is 12.1 Å². The van der Waals surface area contributed by atoms with Gasteiger partial charge in [0.25, 0.3) is 0 Å². The molecule has 2 aliphatic rings. The van der Waals surface area contributed by atoms with Crippen LogP contribution in [0.1, 0.15) is 23.1 Å². The maximum absolute atomic E-state index is 13.1. The maximum atomic E-state index is 13.1. The average molecular weight is 378 g/mol. The second-order valence-corrected chi connectivity index (χ2v) is 7.80. The molecule has 144 valence electrons. The van der Waals surface area contributed by atoms with Crippen LogP contribution in [0.25, 0.3) is 11.0 Å². The van der Waals surface area contributed by atoms with Crippen molar-refractivity contribution < 1.29 is 8.81 Å². The Hall–Kier alpha value is -2.66. The molecule has 3 aromatic rings. The van der Waals surface area contributed by atoms with Gasteiger partial charge in [-0.2, -0.15) is 0 Å². The molecule has 1 fully saturated rings. The molecule has 5 heteroatoms. The second-order valence-electron chi connectivity index (χ2n) is 7.80. The predicted octanol–water partition coefficient (Wildman–Crippen LogP) is 3.74. The summed E-state index contributed by atoms with van der Waals surface area (Å²) < 4.78 is 18.6. The van der Waals surface area contributed by atoms with Crippen LogP contribution in [0.5, 0.6) is 0 Å². The second kappa shape index (κ2) is 7.06. The van der Waals surface area contributed by atoms with Crippen LogP contribution in [-0.4, -0.2) is 31.1 Å². The lowest BCUT2D eigenvalue weighted by atomic mass is 10.0. The van der Waals surface area contributed by atoms with Crippen LogP contribution in [-0.2, 0) is 19.4 Å². The molecule has 1 saturated heterocycles. The molecule has 4 nitrogen and oxygen atoms in total. The van der Waals surface area contributed by atoms with Crippen molar-refractivity contribution in [3.05, 3.63) is 75.4 Å². The molecule has 0 atom stereocenters. The van der Waals surface area contributed by atoms with Crippen molar-refractivity contribution in [1.29, 1.82) is 0 Å². The fraction of sp³-hybridized carbons (Fsp3) is 0.348. The van der Waals surface area contributed by atoms with Crippen molar-refractivity contribution in [2.75, 3.05) is 31.1 Å². The Labute approximate surface area is 163 Å². The molecule has 28 heavy (non-hydrogen) atoms. The number of aryl methyl sites for hydroxylation is 2. The third-order valence-corrected chi connectivity index (χ3v) is 6.00.